The summed E-state index contributed by atoms with van der Waals surface area (Å²) >= 11 is 0. The second-order valence-corrected chi connectivity index (χ2v) is 14.4. The van der Waals surface area contributed by atoms with Crippen molar-refractivity contribution in [3.8, 4) is 0 Å². The van der Waals surface area contributed by atoms with Crippen LogP contribution >= 0.6 is 0 Å². The Labute approximate surface area is 197 Å². The highest BCUT2D eigenvalue weighted by atomic mass is 28.3. The van der Waals surface area contributed by atoms with E-state index in [-0.39, 0.29) is 6.10 Å². The average molecular weight is 497 g/mol. The number of ether oxygens (including phenoxy) is 2. The quantitative estimate of drug-likeness (QED) is 0.0683. The van der Waals surface area contributed by atoms with Gasteiger partial charge in [-0.3, -0.25) is 0 Å². The van der Waals surface area contributed by atoms with Crippen LogP contribution in [0.5, 0.6) is 0 Å². The summed E-state index contributed by atoms with van der Waals surface area (Å²) in [6.07, 6.45) is 10.7. The van der Waals surface area contributed by atoms with Crippen molar-refractivity contribution in [1.82, 2.24) is 0 Å². The van der Waals surface area contributed by atoms with E-state index in [0.717, 1.165) is 71.2 Å². The van der Waals surface area contributed by atoms with Crippen molar-refractivity contribution in [1.29, 1.82) is 0 Å². The monoisotopic (exact) mass is 496 g/mol. The van der Waals surface area contributed by atoms with Crippen molar-refractivity contribution >= 4 is 13.3 Å². The molecule has 1 aromatic rings. The predicted molar refractivity (Wildman–Crippen MR) is 126 cm³/mol. The molecule has 0 heterocycles. The molecule has 1 aromatic carbocycles. The van der Waals surface area contributed by atoms with Crippen molar-refractivity contribution in [2.45, 2.75) is 103 Å². The molecule has 0 aromatic heterocycles. The maximum Gasteiger partial charge on any atom is 0.200 e. The molecule has 0 bridgehead atoms. The van der Waals surface area contributed by atoms with Crippen LogP contribution in [0, 0.1) is 29.1 Å². The average Bonchev–Trinajstić information content (AvgIpc) is 2.75. The molecule has 2 nitrogen and oxygen atoms in total. The molecule has 0 atom stereocenters. The van der Waals surface area contributed by atoms with Crippen LogP contribution in [0.2, 0.25) is 19.1 Å². The number of rotatable bonds is 18. The van der Waals surface area contributed by atoms with Crippen LogP contribution in [0.3, 0.4) is 0 Å². The lowest BCUT2D eigenvalue weighted by atomic mass is 10.1. The number of unbranched alkanes of at least 4 members (excludes halogenated alkanes) is 8. The molecule has 8 heteroatoms. The summed E-state index contributed by atoms with van der Waals surface area (Å²) in [7, 11) is -2.78. The summed E-state index contributed by atoms with van der Waals surface area (Å²) in [5.41, 5.74) is 0. The minimum absolute atomic E-state index is 0.270. The van der Waals surface area contributed by atoms with Gasteiger partial charge in [0.2, 0.25) is 5.82 Å². The summed E-state index contributed by atoms with van der Waals surface area (Å²) in [5, 5.41) is -0.577. The molecule has 0 N–H and O–H groups in total. The van der Waals surface area contributed by atoms with E-state index in [1.165, 1.54) is 12.8 Å². The SMILES string of the molecule is CC(C)OCCCOCCCCCCCCCCC[Si](C)(C)c1c(F)c(F)c(F)c(F)c1F. The van der Waals surface area contributed by atoms with E-state index in [2.05, 4.69) is 0 Å². The Balaban J connectivity index is 2.10. The number of halogens is 5. The smallest absolute Gasteiger partial charge is 0.200 e. The molecule has 33 heavy (non-hydrogen) atoms. The van der Waals surface area contributed by atoms with E-state index in [9.17, 15) is 22.0 Å². The van der Waals surface area contributed by atoms with Crippen molar-refractivity contribution in [2.75, 3.05) is 19.8 Å². The van der Waals surface area contributed by atoms with Crippen molar-refractivity contribution < 1.29 is 31.4 Å². The van der Waals surface area contributed by atoms with Gasteiger partial charge in [-0.2, -0.15) is 0 Å². The molecule has 0 aliphatic heterocycles. The van der Waals surface area contributed by atoms with Gasteiger partial charge in [0, 0.05) is 25.0 Å². The van der Waals surface area contributed by atoms with Gasteiger partial charge in [0.25, 0.3) is 0 Å². The summed E-state index contributed by atoms with van der Waals surface area (Å²) in [6, 6.07) is 0.495. The van der Waals surface area contributed by atoms with Gasteiger partial charge in [-0.05, 0) is 26.7 Å². The lowest BCUT2D eigenvalue weighted by Crippen LogP contribution is -2.47. The molecule has 1 rings (SSSR count). The Bertz CT molecular complexity index is 669. The maximum absolute atomic E-state index is 14.1. The lowest BCUT2D eigenvalue weighted by molar-refractivity contribution is 0.0507. The molecule has 192 valence electrons. The van der Waals surface area contributed by atoms with Crippen LogP contribution in [0.1, 0.15) is 78.1 Å². The van der Waals surface area contributed by atoms with Crippen LogP contribution in [0.25, 0.3) is 0 Å². The molecule has 0 fully saturated rings. The van der Waals surface area contributed by atoms with Gasteiger partial charge in [0.05, 0.1) is 14.2 Å². The molecule has 0 amide bonds. The Morgan fingerprint density at radius 3 is 1.52 bits per heavy atom. The number of hydrogen-bond acceptors (Lipinski definition) is 2. The molecular weight excluding hydrogens is 455 g/mol. The highest BCUT2D eigenvalue weighted by Crippen LogP contribution is 2.23. The third-order valence-corrected chi connectivity index (χ3v) is 9.26. The first-order valence-electron chi connectivity index (χ1n) is 12.3. The van der Waals surface area contributed by atoms with Gasteiger partial charge in [0.15, 0.2) is 23.3 Å². The standard InChI is InChI=1S/C25H41F5O2Si/c1-19(2)32-17-14-16-31-15-12-10-8-6-5-7-9-11-13-18-33(3,4)25-23(29)21(27)20(26)22(28)24(25)30/h19H,5-18H2,1-4H3. The minimum Gasteiger partial charge on any atom is -0.381 e. The van der Waals surface area contributed by atoms with E-state index in [0.29, 0.717) is 6.04 Å². The normalized spacial score (nSPS) is 12.2. The fourth-order valence-electron chi connectivity index (χ4n) is 3.91. The lowest BCUT2D eigenvalue weighted by Gasteiger charge is -2.24. The molecule has 0 spiro atoms. The predicted octanol–water partition coefficient (Wildman–Crippen LogP) is 7.64. The van der Waals surface area contributed by atoms with Crippen LogP contribution < -0.4 is 5.19 Å². The van der Waals surface area contributed by atoms with E-state index < -0.39 is 42.3 Å². The Hall–Kier alpha value is -0.993. The number of hydrogen-bond donors (Lipinski definition) is 0. The Kier molecular flexibility index (Phi) is 14.4. The highest BCUT2D eigenvalue weighted by Gasteiger charge is 2.35. The molecule has 0 aliphatic rings. The van der Waals surface area contributed by atoms with E-state index in [1.54, 1.807) is 13.1 Å². The largest absolute Gasteiger partial charge is 0.381 e. The summed E-state index contributed by atoms with van der Waals surface area (Å²) in [6.45, 7) is 9.66. The van der Waals surface area contributed by atoms with Crippen molar-refractivity contribution in [3.63, 3.8) is 0 Å². The summed E-state index contributed by atoms with van der Waals surface area (Å²) in [4.78, 5) is 0. The van der Waals surface area contributed by atoms with Crippen LogP contribution in [-0.2, 0) is 9.47 Å². The second-order valence-electron chi connectivity index (χ2n) is 9.65. The Morgan fingerprint density at radius 2 is 1.00 bits per heavy atom. The van der Waals surface area contributed by atoms with Crippen LogP contribution in [-0.4, -0.2) is 34.0 Å². The van der Waals surface area contributed by atoms with Gasteiger partial charge in [-0.15, -0.1) is 0 Å². The van der Waals surface area contributed by atoms with Gasteiger partial charge in [-0.25, -0.2) is 22.0 Å². The Morgan fingerprint density at radius 1 is 0.576 bits per heavy atom. The molecule has 0 saturated carbocycles. The first-order chi connectivity index (χ1) is 15.6. The first-order valence-corrected chi connectivity index (χ1v) is 15.5. The zero-order valence-electron chi connectivity index (χ0n) is 20.7. The summed E-state index contributed by atoms with van der Waals surface area (Å²) < 4.78 is 79.6. The molecular formula is C25H41F5O2Si. The molecule has 0 saturated heterocycles. The zero-order chi connectivity index (χ0) is 24.9. The zero-order valence-corrected chi connectivity index (χ0v) is 21.7. The van der Waals surface area contributed by atoms with Gasteiger partial charge >= 0.3 is 0 Å². The maximum atomic E-state index is 14.1. The minimum atomic E-state index is -2.78. The topological polar surface area (TPSA) is 18.5 Å². The summed E-state index contributed by atoms with van der Waals surface area (Å²) in [5.74, 6) is -9.08. The van der Waals surface area contributed by atoms with E-state index >= 15 is 0 Å². The fourth-order valence-corrected chi connectivity index (χ4v) is 6.71. The van der Waals surface area contributed by atoms with Crippen molar-refractivity contribution in [3.05, 3.63) is 29.1 Å². The van der Waals surface area contributed by atoms with Gasteiger partial charge < -0.3 is 9.47 Å². The fraction of sp³-hybridized carbons (Fsp3) is 0.760. The van der Waals surface area contributed by atoms with E-state index in [4.69, 9.17) is 9.47 Å². The third kappa shape index (κ3) is 10.9. The first kappa shape index (κ1) is 30.0. The van der Waals surface area contributed by atoms with Gasteiger partial charge in [-0.1, -0.05) is 70.5 Å². The second kappa shape index (κ2) is 15.8. The molecule has 0 aliphatic carbocycles. The van der Waals surface area contributed by atoms with Gasteiger partial charge in [0.1, 0.15) is 0 Å². The van der Waals surface area contributed by atoms with Crippen LogP contribution in [0.4, 0.5) is 22.0 Å². The number of benzene rings is 1. The molecule has 0 radical (unpaired) electrons. The van der Waals surface area contributed by atoms with E-state index in [1.807, 2.05) is 13.8 Å². The van der Waals surface area contributed by atoms with Crippen LogP contribution in [0.15, 0.2) is 0 Å². The van der Waals surface area contributed by atoms with Crippen molar-refractivity contribution in [2.24, 2.45) is 0 Å². The third-order valence-electron chi connectivity index (χ3n) is 5.86. The highest BCUT2D eigenvalue weighted by molar-refractivity contribution is 6.89. The molecule has 0 unspecified atom stereocenters.